The van der Waals surface area contributed by atoms with Crippen molar-refractivity contribution in [2.24, 2.45) is 5.92 Å². The molecule has 0 fully saturated rings. The molecular formula is C87H170O17P2. The molecule has 0 saturated carbocycles. The maximum Gasteiger partial charge on any atom is 0.472 e. The Bertz CT molecular complexity index is 2020. The van der Waals surface area contributed by atoms with E-state index in [9.17, 15) is 43.2 Å². The molecule has 0 aromatic heterocycles. The maximum absolute atomic E-state index is 13.2. The van der Waals surface area contributed by atoms with E-state index in [1.807, 2.05) is 0 Å². The molecular weight excluding hydrogens is 1380 g/mol. The number of rotatable bonds is 87. The first-order chi connectivity index (χ1) is 51.6. The normalized spacial score (nSPS) is 14.0. The van der Waals surface area contributed by atoms with Gasteiger partial charge in [0.2, 0.25) is 0 Å². The summed E-state index contributed by atoms with van der Waals surface area (Å²) in [5.74, 6) is -1.30. The second kappa shape index (κ2) is 79.7. The molecule has 3 N–H and O–H groups in total. The van der Waals surface area contributed by atoms with E-state index in [4.69, 9.17) is 37.0 Å². The van der Waals surface area contributed by atoms with E-state index >= 15 is 0 Å². The molecule has 17 nitrogen and oxygen atoms in total. The molecule has 6 atom stereocenters. The van der Waals surface area contributed by atoms with Crippen molar-refractivity contribution in [2.75, 3.05) is 39.6 Å². The smallest absolute Gasteiger partial charge is 0.462 e. The molecule has 0 aromatic carbocycles. The Morgan fingerprint density at radius 2 is 0.453 bits per heavy atom. The first-order valence-electron chi connectivity index (χ1n) is 45.2. The minimum atomic E-state index is -4.97. The van der Waals surface area contributed by atoms with Crippen molar-refractivity contribution in [1.29, 1.82) is 0 Å². The standard InChI is InChI=1S/C87H170O17P2/c1-6-10-13-16-19-22-24-26-28-30-32-34-36-38-40-42-44-46-51-56-61-66-71-85(90)98-77-83(104-86(91)72-67-62-57-52-47-45-43-41-39-37-35-33-31-29-27-25-23-20-17-14-11-7-2)79-102-106(95,96)100-75-81(88)74-99-105(93,94)101-78-82(76-97-84(89)70-65-60-55-21-18-15-12-8-3)103-87(92)73-68-63-58-53-49-48-50-54-59-64-69-80(5)9-4/h80-83,88H,6-79H2,1-5H3,(H,93,94)(H,95,96)/t80?,81-,82+,83+/m0/s1. The largest absolute Gasteiger partial charge is 0.472 e. The summed E-state index contributed by atoms with van der Waals surface area (Å²) >= 11 is 0. The van der Waals surface area contributed by atoms with Gasteiger partial charge in [-0.05, 0) is 31.6 Å². The van der Waals surface area contributed by atoms with E-state index < -0.39 is 97.5 Å². The van der Waals surface area contributed by atoms with Crippen LogP contribution < -0.4 is 0 Å². The van der Waals surface area contributed by atoms with Crippen LogP contribution in [0.3, 0.4) is 0 Å². The summed E-state index contributed by atoms with van der Waals surface area (Å²) in [6, 6.07) is 0. The van der Waals surface area contributed by atoms with Gasteiger partial charge in [0.05, 0.1) is 26.4 Å². The molecule has 0 heterocycles. The summed E-state index contributed by atoms with van der Waals surface area (Å²) in [5, 5.41) is 10.7. The van der Waals surface area contributed by atoms with Gasteiger partial charge in [0.1, 0.15) is 19.3 Å². The van der Waals surface area contributed by atoms with Crippen molar-refractivity contribution in [1.82, 2.24) is 0 Å². The zero-order valence-corrected chi connectivity index (χ0v) is 71.4. The van der Waals surface area contributed by atoms with Gasteiger partial charge in [-0.1, -0.05) is 420 Å². The van der Waals surface area contributed by atoms with Crippen LogP contribution >= 0.6 is 15.6 Å². The summed E-state index contributed by atoms with van der Waals surface area (Å²) in [6.07, 6.45) is 73.9. The molecule has 0 amide bonds. The molecule has 0 saturated heterocycles. The van der Waals surface area contributed by atoms with Crippen molar-refractivity contribution < 1.29 is 80.2 Å². The molecule has 0 radical (unpaired) electrons. The van der Waals surface area contributed by atoms with Crippen molar-refractivity contribution in [3.63, 3.8) is 0 Å². The number of carbonyl (C=O) groups excluding carboxylic acids is 4. The predicted molar refractivity (Wildman–Crippen MR) is 437 cm³/mol. The number of esters is 4. The number of ether oxygens (including phenoxy) is 4. The first kappa shape index (κ1) is 104. The van der Waals surface area contributed by atoms with Crippen LogP contribution in [-0.4, -0.2) is 96.7 Å². The third-order valence-electron chi connectivity index (χ3n) is 20.9. The lowest BCUT2D eigenvalue weighted by Gasteiger charge is -2.21. The van der Waals surface area contributed by atoms with Gasteiger partial charge in [0.15, 0.2) is 12.2 Å². The van der Waals surface area contributed by atoms with E-state index in [1.165, 1.54) is 289 Å². The van der Waals surface area contributed by atoms with Gasteiger partial charge in [-0.3, -0.25) is 37.3 Å². The third kappa shape index (κ3) is 78.7. The Morgan fingerprint density at radius 1 is 0.264 bits per heavy atom. The number of unbranched alkanes of at least 4 members (excludes halogenated alkanes) is 58. The molecule has 0 aliphatic rings. The van der Waals surface area contributed by atoms with Crippen LogP contribution in [0.15, 0.2) is 0 Å². The van der Waals surface area contributed by atoms with Gasteiger partial charge >= 0.3 is 39.5 Å². The summed E-state index contributed by atoms with van der Waals surface area (Å²) < 4.78 is 68.8. The number of aliphatic hydroxyl groups excluding tert-OH is 1. The Labute approximate surface area is 651 Å². The lowest BCUT2D eigenvalue weighted by molar-refractivity contribution is -0.161. The molecule has 0 aromatic rings. The first-order valence-corrected chi connectivity index (χ1v) is 48.2. The zero-order chi connectivity index (χ0) is 77.6. The fourth-order valence-electron chi connectivity index (χ4n) is 13.6. The van der Waals surface area contributed by atoms with Crippen LogP contribution in [-0.2, 0) is 65.4 Å². The number of hydrogen-bond donors (Lipinski definition) is 3. The molecule has 0 spiro atoms. The highest BCUT2D eigenvalue weighted by molar-refractivity contribution is 7.47. The fraction of sp³-hybridized carbons (Fsp3) is 0.954. The highest BCUT2D eigenvalue weighted by Gasteiger charge is 2.30. The van der Waals surface area contributed by atoms with Crippen molar-refractivity contribution in [3.8, 4) is 0 Å². The highest BCUT2D eigenvalue weighted by Crippen LogP contribution is 2.45. The van der Waals surface area contributed by atoms with Crippen LogP contribution in [0, 0.1) is 5.92 Å². The van der Waals surface area contributed by atoms with Crippen LogP contribution in [0.25, 0.3) is 0 Å². The van der Waals surface area contributed by atoms with Crippen LogP contribution in [0.4, 0.5) is 0 Å². The second-order valence-corrected chi connectivity index (χ2v) is 34.4. The van der Waals surface area contributed by atoms with Gasteiger partial charge in [-0.2, -0.15) is 0 Å². The average molecular weight is 1550 g/mol. The van der Waals surface area contributed by atoms with Crippen molar-refractivity contribution in [3.05, 3.63) is 0 Å². The molecule has 630 valence electrons. The molecule has 0 rings (SSSR count). The van der Waals surface area contributed by atoms with E-state index in [2.05, 4.69) is 34.6 Å². The molecule has 19 heteroatoms. The lowest BCUT2D eigenvalue weighted by Crippen LogP contribution is -2.30. The van der Waals surface area contributed by atoms with Gasteiger partial charge < -0.3 is 33.8 Å². The monoisotopic (exact) mass is 1550 g/mol. The summed E-state index contributed by atoms with van der Waals surface area (Å²) in [7, 11) is -9.92. The summed E-state index contributed by atoms with van der Waals surface area (Å²) in [5.41, 5.74) is 0. The Morgan fingerprint density at radius 3 is 0.670 bits per heavy atom. The molecule has 3 unspecified atom stereocenters. The minimum Gasteiger partial charge on any atom is -0.462 e. The number of carbonyl (C=O) groups is 4. The van der Waals surface area contributed by atoms with Crippen molar-refractivity contribution >= 4 is 39.5 Å². The molecule has 0 aliphatic carbocycles. The fourth-order valence-corrected chi connectivity index (χ4v) is 15.2. The third-order valence-corrected chi connectivity index (χ3v) is 22.8. The Kier molecular flexibility index (Phi) is 78.2. The second-order valence-electron chi connectivity index (χ2n) is 31.5. The van der Waals surface area contributed by atoms with E-state index in [0.29, 0.717) is 25.7 Å². The number of aliphatic hydroxyl groups is 1. The highest BCUT2D eigenvalue weighted by atomic mass is 31.2. The molecule has 106 heavy (non-hydrogen) atoms. The van der Waals surface area contributed by atoms with Crippen LogP contribution in [0.1, 0.15) is 471 Å². The van der Waals surface area contributed by atoms with Crippen molar-refractivity contribution in [2.45, 2.75) is 490 Å². The SMILES string of the molecule is CCCCCCCCCCCCCCCCCCCCCCCCC(=O)OC[C@H](COP(=O)(O)OC[C@@H](O)COP(=O)(O)OC[C@@H](COC(=O)CCCCCCCCCC)OC(=O)CCCCCCCCCCCCC(C)CC)OC(=O)CCCCCCCCCCCCCCCCCCCCCCCC. The quantitative estimate of drug-likeness (QED) is 0.0222. The van der Waals surface area contributed by atoms with Crippen LogP contribution in [0.2, 0.25) is 0 Å². The van der Waals surface area contributed by atoms with E-state index in [0.717, 1.165) is 102 Å². The predicted octanol–water partition coefficient (Wildman–Crippen LogP) is 26.8. The zero-order valence-electron chi connectivity index (χ0n) is 69.6. The minimum absolute atomic E-state index is 0.107. The van der Waals surface area contributed by atoms with Crippen LogP contribution in [0.5, 0.6) is 0 Å². The Hall–Kier alpha value is -1.94. The van der Waals surface area contributed by atoms with Gasteiger partial charge in [-0.15, -0.1) is 0 Å². The number of hydrogen-bond acceptors (Lipinski definition) is 15. The number of phosphoric ester groups is 2. The molecule has 0 bridgehead atoms. The number of phosphoric acid groups is 2. The summed E-state index contributed by atoms with van der Waals surface area (Å²) in [4.78, 5) is 73.1. The average Bonchev–Trinajstić information content (AvgIpc) is 0.902. The van der Waals surface area contributed by atoms with E-state index in [1.54, 1.807) is 0 Å². The topological polar surface area (TPSA) is 237 Å². The molecule has 0 aliphatic heterocycles. The van der Waals surface area contributed by atoms with Gasteiger partial charge in [-0.25, -0.2) is 9.13 Å². The van der Waals surface area contributed by atoms with E-state index in [-0.39, 0.29) is 25.7 Å². The lowest BCUT2D eigenvalue weighted by atomic mass is 9.99. The van der Waals surface area contributed by atoms with Gasteiger partial charge in [0.25, 0.3) is 0 Å². The van der Waals surface area contributed by atoms with Gasteiger partial charge in [0, 0.05) is 25.7 Å². The summed E-state index contributed by atoms with van der Waals surface area (Å²) in [6.45, 7) is 7.35. The Balaban J connectivity index is 5.16. The maximum atomic E-state index is 13.2.